The number of para-hydroxylation sites is 1. The Labute approximate surface area is 148 Å². The second-order valence-corrected chi connectivity index (χ2v) is 6.37. The van der Waals surface area contributed by atoms with Crippen LogP contribution in [0.25, 0.3) is 0 Å². The Morgan fingerprint density at radius 2 is 1.96 bits per heavy atom. The molecule has 0 fully saturated rings. The molecule has 7 nitrogen and oxygen atoms in total. The summed E-state index contributed by atoms with van der Waals surface area (Å²) in [7, 11) is 0. The number of hydrogen-bond acceptors (Lipinski definition) is 6. The molecular formula is C17H18N2O5S. The lowest BCUT2D eigenvalue weighted by Gasteiger charge is -2.08. The van der Waals surface area contributed by atoms with Gasteiger partial charge in [0, 0.05) is 10.9 Å². The minimum atomic E-state index is -0.637. The number of ether oxygens (including phenoxy) is 1. The fourth-order valence-electron chi connectivity index (χ4n) is 2.51. The van der Waals surface area contributed by atoms with Crippen LogP contribution in [0.4, 0.5) is 10.7 Å². The molecule has 25 heavy (non-hydrogen) atoms. The maximum Gasteiger partial charge on any atom is 0.341 e. The first-order chi connectivity index (χ1) is 11.9. The molecule has 1 heterocycles. The van der Waals surface area contributed by atoms with E-state index in [1.54, 1.807) is 13.0 Å². The number of nitro groups is 1. The number of carbonyl (C=O) groups excluding carboxylic acids is 2. The molecule has 0 atom stereocenters. The van der Waals surface area contributed by atoms with Crippen LogP contribution < -0.4 is 5.32 Å². The Morgan fingerprint density at radius 3 is 2.56 bits per heavy atom. The molecule has 0 spiro atoms. The summed E-state index contributed by atoms with van der Waals surface area (Å²) in [6.07, 6.45) is 0.609. The second-order valence-electron chi connectivity index (χ2n) is 5.14. The van der Waals surface area contributed by atoms with Gasteiger partial charge in [-0.2, -0.15) is 0 Å². The average Bonchev–Trinajstić information content (AvgIpc) is 2.90. The molecule has 0 aliphatic heterocycles. The lowest BCUT2D eigenvalue weighted by molar-refractivity contribution is -0.385. The van der Waals surface area contributed by atoms with Crippen LogP contribution in [0.15, 0.2) is 24.3 Å². The first-order valence-corrected chi connectivity index (χ1v) is 8.56. The van der Waals surface area contributed by atoms with Gasteiger partial charge in [-0.05, 0) is 31.9 Å². The van der Waals surface area contributed by atoms with Gasteiger partial charge in [0.25, 0.3) is 11.6 Å². The molecule has 132 valence electrons. The molecule has 0 radical (unpaired) electrons. The van der Waals surface area contributed by atoms with Crippen molar-refractivity contribution in [3.05, 3.63) is 55.9 Å². The van der Waals surface area contributed by atoms with E-state index >= 15 is 0 Å². The highest BCUT2D eigenvalue weighted by molar-refractivity contribution is 7.16. The smallest absolute Gasteiger partial charge is 0.341 e. The number of nitro benzene ring substituents is 1. The van der Waals surface area contributed by atoms with E-state index in [0.717, 1.165) is 10.4 Å². The SMILES string of the molecule is CCOC(=O)c1c(NC(=O)c2ccccc2[N+](=O)[O-])sc(C)c1CC. The van der Waals surface area contributed by atoms with Gasteiger partial charge in [0.15, 0.2) is 0 Å². The van der Waals surface area contributed by atoms with E-state index in [0.29, 0.717) is 17.0 Å². The quantitative estimate of drug-likeness (QED) is 0.476. The van der Waals surface area contributed by atoms with E-state index in [1.807, 2.05) is 13.8 Å². The summed E-state index contributed by atoms with van der Waals surface area (Å²) in [5.41, 5.74) is 0.771. The van der Waals surface area contributed by atoms with Crippen LogP contribution in [0.2, 0.25) is 0 Å². The maximum absolute atomic E-state index is 12.5. The number of esters is 1. The lowest BCUT2D eigenvalue weighted by Crippen LogP contribution is -2.16. The van der Waals surface area contributed by atoms with Gasteiger partial charge in [-0.1, -0.05) is 19.1 Å². The van der Waals surface area contributed by atoms with E-state index < -0.39 is 16.8 Å². The molecule has 2 aromatic rings. The average molecular weight is 362 g/mol. The Morgan fingerprint density at radius 1 is 1.28 bits per heavy atom. The zero-order chi connectivity index (χ0) is 18.6. The number of thiophene rings is 1. The largest absolute Gasteiger partial charge is 0.462 e. The zero-order valence-corrected chi connectivity index (χ0v) is 14.9. The van der Waals surface area contributed by atoms with Crippen molar-refractivity contribution >= 4 is 33.9 Å². The van der Waals surface area contributed by atoms with Crippen molar-refractivity contribution < 1.29 is 19.2 Å². The van der Waals surface area contributed by atoms with Gasteiger partial charge in [0.1, 0.15) is 10.6 Å². The molecule has 0 unspecified atom stereocenters. The van der Waals surface area contributed by atoms with Crippen LogP contribution in [-0.4, -0.2) is 23.4 Å². The van der Waals surface area contributed by atoms with E-state index in [4.69, 9.17) is 4.74 Å². The molecule has 0 bridgehead atoms. The molecule has 1 aromatic heterocycles. The normalized spacial score (nSPS) is 10.4. The van der Waals surface area contributed by atoms with Crippen molar-refractivity contribution in [2.75, 3.05) is 11.9 Å². The standard InChI is InChI=1S/C17H18N2O5S/c1-4-11-10(3)25-16(14(11)17(21)24-5-2)18-15(20)12-8-6-7-9-13(12)19(22)23/h6-9H,4-5H2,1-3H3,(H,18,20). The maximum atomic E-state index is 12.5. The van der Waals surface area contributed by atoms with Gasteiger partial charge < -0.3 is 10.1 Å². The molecule has 2 rings (SSSR count). The van der Waals surface area contributed by atoms with Gasteiger partial charge >= 0.3 is 5.97 Å². The highest BCUT2D eigenvalue weighted by atomic mass is 32.1. The molecule has 0 aliphatic carbocycles. The molecule has 0 saturated heterocycles. The van der Waals surface area contributed by atoms with Crippen LogP contribution in [-0.2, 0) is 11.2 Å². The van der Waals surface area contributed by atoms with Gasteiger partial charge in [0.05, 0.1) is 17.1 Å². The van der Waals surface area contributed by atoms with Gasteiger partial charge in [0.2, 0.25) is 0 Å². The Hall–Kier alpha value is -2.74. The van der Waals surface area contributed by atoms with E-state index in [9.17, 15) is 19.7 Å². The fraction of sp³-hybridized carbons (Fsp3) is 0.294. The summed E-state index contributed by atoms with van der Waals surface area (Å²) in [4.78, 5) is 36.2. The predicted octanol–water partition coefficient (Wildman–Crippen LogP) is 3.96. The molecule has 1 aromatic carbocycles. The number of carbonyl (C=O) groups is 2. The number of aryl methyl sites for hydroxylation is 1. The van der Waals surface area contributed by atoms with Crippen molar-refractivity contribution in [3.63, 3.8) is 0 Å². The predicted molar refractivity (Wildman–Crippen MR) is 95.4 cm³/mol. The third-order valence-electron chi connectivity index (χ3n) is 3.61. The van der Waals surface area contributed by atoms with Crippen molar-refractivity contribution in [3.8, 4) is 0 Å². The lowest BCUT2D eigenvalue weighted by atomic mass is 10.1. The number of nitrogens with one attached hydrogen (secondary N) is 1. The zero-order valence-electron chi connectivity index (χ0n) is 14.1. The third kappa shape index (κ3) is 3.85. The van der Waals surface area contributed by atoms with Crippen LogP contribution in [0.3, 0.4) is 0 Å². The van der Waals surface area contributed by atoms with E-state index in [-0.39, 0.29) is 17.9 Å². The van der Waals surface area contributed by atoms with Crippen LogP contribution in [0.5, 0.6) is 0 Å². The van der Waals surface area contributed by atoms with Crippen molar-refractivity contribution in [1.82, 2.24) is 0 Å². The number of rotatable bonds is 6. The summed E-state index contributed by atoms with van der Waals surface area (Å²) >= 11 is 1.25. The molecular weight excluding hydrogens is 344 g/mol. The third-order valence-corrected chi connectivity index (χ3v) is 4.68. The number of hydrogen-bond donors (Lipinski definition) is 1. The summed E-state index contributed by atoms with van der Waals surface area (Å²) in [6, 6.07) is 5.67. The minimum Gasteiger partial charge on any atom is -0.462 e. The van der Waals surface area contributed by atoms with Gasteiger partial charge in [-0.15, -0.1) is 11.3 Å². The molecule has 8 heteroatoms. The molecule has 0 aliphatic rings. The Balaban J connectivity index is 2.42. The molecule has 1 N–H and O–H groups in total. The highest BCUT2D eigenvalue weighted by Crippen LogP contribution is 2.34. The first-order valence-electron chi connectivity index (χ1n) is 7.74. The summed E-state index contributed by atoms with van der Waals surface area (Å²) < 4.78 is 5.08. The fourth-order valence-corrected chi connectivity index (χ4v) is 3.64. The first kappa shape index (κ1) is 18.6. The number of benzene rings is 1. The summed E-state index contributed by atoms with van der Waals surface area (Å²) in [6.45, 7) is 5.68. The van der Waals surface area contributed by atoms with Crippen LogP contribution in [0, 0.1) is 17.0 Å². The molecule has 1 amide bonds. The topological polar surface area (TPSA) is 98.5 Å². The van der Waals surface area contributed by atoms with Crippen LogP contribution in [0.1, 0.15) is 45.0 Å². The number of amides is 1. The Bertz CT molecular complexity index is 828. The van der Waals surface area contributed by atoms with Gasteiger partial charge in [-0.3, -0.25) is 14.9 Å². The monoisotopic (exact) mass is 362 g/mol. The van der Waals surface area contributed by atoms with Crippen LogP contribution >= 0.6 is 11.3 Å². The highest BCUT2D eigenvalue weighted by Gasteiger charge is 2.26. The summed E-state index contributed by atoms with van der Waals surface area (Å²) in [5, 5.41) is 14.1. The van der Waals surface area contributed by atoms with Crippen molar-refractivity contribution in [1.29, 1.82) is 0 Å². The number of anilines is 1. The summed E-state index contributed by atoms with van der Waals surface area (Å²) in [5.74, 6) is -1.15. The second kappa shape index (κ2) is 7.89. The number of nitrogens with zero attached hydrogens (tertiary/aromatic N) is 1. The van der Waals surface area contributed by atoms with Crippen molar-refractivity contribution in [2.24, 2.45) is 0 Å². The van der Waals surface area contributed by atoms with Crippen molar-refractivity contribution in [2.45, 2.75) is 27.2 Å². The Kier molecular flexibility index (Phi) is 5.87. The molecule has 0 saturated carbocycles. The minimum absolute atomic E-state index is 0.0635. The van der Waals surface area contributed by atoms with E-state index in [2.05, 4.69) is 5.32 Å². The van der Waals surface area contributed by atoms with Gasteiger partial charge in [-0.25, -0.2) is 4.79 Å². The van der Waals surface area contributed by atoms with E-state index in [1.165, 1.54) is 29.5 Å².